The van der Waals surface area contributed by atoms with Crippen LogP contribution < -0.4 is 11.1 Å². The third-order valence-electron chi connectivity index (χ3n) is 1.96. The molecule has 0 heterocycles. The van der Waals surface area contributed by atoms with E-state index < -0.39 is 23.7 Å². The Bertz CT molecular complexity index is 432. The second-order valence-electron chi connectivity index (χ2n) is 3.47. The highest BCUT2D eigenvalue weighted by Crippen LogP contribution is 2.36. The summed E-state index contributed by atoms with van der Waals surface area (Å²) in [6.45, 7) is 1.39. The van der Waals surface area contributed by atoms with Crippen LogP contribution in [0.4, 0.5) is 18.9 Å². The summed E-state index contributed by atoms with van der Waals surface area (Å²) in [5, 5.41) is 2.14. The molecule has 1 atom stereocenters. The van der Waals surface area contributed by atoms with E-state index in [1.807, 2.05) is 0 Å². The Morgan fingerprint density at radius 2 is 2.06 bits per heavy atom. The normalized spacial score (nSPS) is 13.3. The quantitative estimate of drug-likeness (QED) is 0.882. The van der Waals surface area contributed by atoms with Crippen LogP contribution in [0, 0.1) is 0 Å². The minimum atomic E-state index is -4.54. The number of rotatable bonds is 2. The maximum Gasteiger partial charge on any atom is 0.418 e. The lowest BCUT2D eigenvalue weighted by atomic mass is 10.1. The van der Waals surface area contributed by atoms with Crippen molar-refractivity contribution >= 4 is 27.5 Å². The molecule has 1 rings (SSSR count). The summed E-state index contributed by atoms with van der Waals surface area (Å²) in [6, 6.07) is 2.61. The van der Waals surface area contributed by atoms with Crippen molar-refractivity contribution in [1.29, 1.82) is 0 Å². The molecule has 7 heteroatoms. The van der Waals surface area contributed by atoms with E-state index in [4.69, 9.17) is 5.73 Å². The zero-order valence-electron chi connectivity index (χ0n) is 8.81. The number of carbonyl (C=O) groups is 1. The molecule has 0 bridgehead atoms. The molecule has 0 saturated carbocycles. The van der Waals surface area contributed by atoms with Crippen LogP contribution in [-0.2, 0) is 11.0 Å². The maximum atomic E-state index is 12.7. The first kappa shape index (κ1) is 14.0. The number of amides is 1. The Morgan fingerprint density at radius 1 is 1.47 bits per heavy atom. The summed E-state index contributed by atoms with van der Waals surface area (Å²) in [5.41, 5.74) is 4.05. The predicted molar refractivity (Wildman–Crippen MR) is 61.4 cm³/mol. The van der Waals surface area contributed by atoms with E-state index in [2.05, 4.69) is 21.2 Å². The van der Waals surface area contributed by atoms with Gasteiger partial charge in [0.1, 0.15) is 0 Å². The SMILES string of the molecule is C[C@@H](N)C(=O)Nc1ccc(Br)cc1C(F)(F)F. The molecule has 1 aromatic rings. The molecule has 1 amide bonds. The van der Waals surface area contributed by atoms with Crippen LogP contribution in [0.3, 0.4) is 0 Å². The molecule has 0 aromatic heterocycles. The molecule has 0 unspecified atom stereocenters. The maximum absolute atomic E-state index is 12.7. The summed E-state index contributed by atoms with van der Waals surface area (Å²) in [6.07, 6.45) is -4.54. The number of alkyl halides is 3. The monoisotopic (exact) mass is 310 g/mol. The van der Waals surface area contributed by atoms with Gasteiger partial charge in [0, 0.05) is 4.47 Å². The zero-order chi connectivity index (χ0) is 13.2. The van der Waals surface area contributed by atoms with Crippen LogP contribution in [0.2, 0.25) is 0 Å². The van der Waals surface area contributed by atoms with Crippen molar-refractivity contribution in [1.82, 2.24) is 0 Å². The Kier molecular flexibility index (Phi) is 4.16. The lowest BCUT2D eigenvalue weighted by Gasteiger charge is -2.15. The molecule has 0 radical (unpaired) electrons. The second-order valence-corrected chi connectivity index (χ2v) is 4.38. The number of halogens is 4. The Hall–Kier alpha value is -1.08. The highest BCUT2D eigenvalue weighted by molar-refractivity contribution is 9.10. The van der Waals surface area contributed by atoms with Gasteiger partial charge in [-0.05, 0) is 25.1 Å². The Morgan fingerprint density at radius 3 is 2.53 bits per heavy atom. The minimum Gasteiger partial charge on any atom is -0.324 e. The van der Waals surface area contributed by atoms with Gasteiger partial charge in [0.15, 0.2) is 0 Å². The van der Waals surface area contributed by atoms with Crippen molar-refractivity contribution in [2.45, 2.75) is 19.1 Å². The summed E-state index contributed by atoms with van der Waals surface area (Å²) in [5.74, 6) is -0.669. The number of hydrogen-bond acceptors (Lipinski definition) is 2. The fourth-order valence-electron chi connectivity index (χ4n) is 1.11. The van der Waals surface area contributed by atoms with E-state index >= 15 is 0 Å². The highest BCUT2D eigenvalue weighted by Gasteiger charge is 2.34. The van der Waals surface area contributed by atoms with Crippen LogP contribution in [-0.4, -0.2) is 11.9 Å². The molecule has 3 N–H and O–H groups in total. The van der Waals surface area contributed by atoms with Crippen molar-refractivity contribution in [3.8, 4) is 0 Å². The summed E-state index contributed by atoms with van der Waals surface area (Å²) in [4.78, 5) is 11.3. The number of nitrogens with two attached hydrogens (primary N) is 1. The van der Waals surface area contributed by atoms with Crippen LogP contribution in [0.15, 0.2) is 22.7 Å². The molecule has 0 aliphatic rings. The molecule has 0 saturated heterocycles. The van der Waals surface area contributed by atoms with Crippen LogP contribution >= 0.6 is 15.9 Å². The number of anilines is 1. The Labute approximate surface area is 104 Å². The summed E-state index contributed by atoms with van der Waals surface area (Å²) in [7, 11) is 0. The van der Waals surface area contributed by atoms with Crippen LogP contribution in [0.5, 0.6) is 0 Å². The zero-order valence-corrected chi connectivity index (χ0v) is 10.4. The molecule has 0 aliphatic heterocycles. The molecular weight excluding hydrogens is 301 g/mol. The van der Waals surface area contributed by atoms with Crippen molar-refractivity contribution in [2.75, 3.05) is 5.32 Å². The second kappa shape index (κ2) is 5.05. The molecule has 0 spiro atoms. The van der Waals surface area contributed by atoms with E-state index in [0.29, 0.717) is 0 Å². The molecule has 3 nitrogen and oxygen atoms in total. The average Bonchev–Trinajstić information content (AvgIpc) is 2.18. The van der Waals surface area contributed by atoms with Gasteiger partial charge in [0.25, 0.3) is 0 Å². The van der Waals surface area contributed by atoms with Gasteiger partial charge in [-0.15, -0.1) is 0 Å². The third-order valence-corrected chi connectivity index (χ3v) is 2.45. The van der Waals surface area contributed by atoms with Crippen molar-refractivity contribution < 1.29 is 18.0 Å². The molecule has 0 aliphatic carbocycles. The predicted octanol–water partition coefficient (Wildman–Crippen LogP) is 2.75. The molecular formula is C10H10BrF3N2O. The number of benzene rings is 1. The fraction of sp³-hybridized carbons (Fsp3) is 0.300. The van der Waals surface area contributed by atoms with Gasteiger partial charge in [0.05, 0.1) is 17.3 Å². The lowest BCUT2D eigenvalue weighted by Crippen LogP contribution is -2.33. The lowest BCUT2D eigenvalue weighted by molar-refractivity contribution is -0.137. The number of carbonyl (C=O) groups excluding carboxylic acids is 1. The van der Waals surface area contributed by atoms with Gasteiger partial charge in [0.2, 0.25) is 5.91 Å². The Balaban J connectivity index is 3.12. The van der Waals surface area contributed by atoms with E-state index in [-0.39, 0.29) is 10.2 Å². The van der Waals surface area contributed by atoms with Gasteiger partial charge in [-0.2, -0.15) is 13.2 Å². The number of hydrogen-bond donors (Lipinski definition) is 2. The van der Waals surface area contributed by atoms with Crippen molar-refractivity contribution in [3.63, 3.8) is 0 Å². The summed E-state index contributed by atoms with van der Waals surface area (Å²) < 4.78 is 38.3. The fourth-order valence-corrected chi connectivity index (χ4v) is 1.47. The first-order chi connectivity index (χ1) is 7.71. The number of nitrogens with one attached hydrogen (secondary N) is 1. The van der Waals surface area contributed by atoms with Crippen LogP contribution in [0.1, 0.15) is 12.5 Å². The van der Waals surface area contributed by atoms with E-state index in [1.165, 1.54) is 19.1 Å². The van der Waals surface area contributed by atoms with Crippen LogP contribution in [0.25, 0.3) is 0 Å². The summed E-state index contributed by atoms with van der Waals surface area (Å²) >= 11 is 2.95. The molecule has 17 heavy (non-hydrogen) atoms. The third kappa shape index (κ3) is 3.71. The highest BCUT2D eigenvalue weighted by atomic mass is 79.9. The molecule has 94 valence electrons. The van der Waals surface area contributed by atoms with Gasteiger partial charge in [-0.25, -0.2) is 0 Å². The molecule has 0 fully saturated rings. The topological polar surface area (TPSA) is 55.1 Å². The van der Waals surface area contributed by atoms with Crippen molar-refractivity contribution in [3.05, 3.63) is 28.2 Å². The van der Waals surface area contributed by atoms with Crippen molar-refractivity contribution in [2.24, 2.45) is 5.73 Å². The standard InChI is InChI=1S/C10H10BrF3N2O/c1-5(15)9(17)16-8-3-2-6(11)4-7(8)10(12,13)14/h2-5H,15H2,1H3,(H,16,17)/t5-/m1/s1. The average molecular weight is 311 g/mol. The smallest absolute Gasteiger partial charge is 0.324 e. The van der Waals surface area contributed by atoms with Gasteiger partial charge in [-0.1, -0.05) is 15.9 Å². The first-order valence-corrected chi connectivity index (χ1v) is 5.44. The minimum absolute atomic E-state index is 0.281. The van der Waals surface area contributed by atoms with E-state index in [9.17, 15) is 18.0 Å². The van der Waals surface area contributed by atoms with Gasteiger partial charge < -0.3 is 11.1 Å². The van der Waals surface area contributed by atoms with Gasteiger partial charge >= 0.3 is 6.18 Å². The van der Waals surface area contributed by atoms with E-state index in [1.54, 1.807) is 0 Å². The largest absolute Gasteiger partial charge is 0.418 e. The first-order valence-electron chi connectivity index (χ1n) is 4.65. The molecule has 1 aromatic carbocycles. The van der Waals surface area contributed by atoms with Gasteiger partial charge in [-0.3, -0.25) is 4.79 Å². The van der Waals surface area contributed by atoms with E-state index in [0.717, 1.165) is 6.07 Å².